The summed E-state index contributed by atoms with van der Waals surface area (Å²) in [6.45, 7) is 0. The van der Waals surface area contributed by atoms with Gasteiger partial charge in [-0.05, 0) is 60.8 Å². The number of hydrogen-bond donors (Lipinski definition) is 2. The van der Waals surface area contributed by atoms with E-state index >= 15 is 0 Å². The van der Waals surface area contributed by atoms with E-state index in [4.69, 9.17) is 0 Å². The number of phenolic OH excluding ortho intramolecular Hbond substituents is 2. The van der Waals surface area contributed by atoms with Crippen molar-refractivity contribution >= 4 is 0 Å². The summed E-state index contributed by atoms with van der Waals surface area (Å²) >= 11 is 0. The molecule has 0 atom stereocenters. The van der Waals surface area contributed by atoms with E-state index in [9.17, 15) is 10.2 Å². The Hall–Kier alpha value is -1.53. The van der Waals surface area contributed by atoms with Gasteiger partial charge < -0.3 is 21.2 Å². The maximum Gasteiger partial charge on any atom is 0.119 e. The molecule has 2 saturated carbocycles. The van der Waals surface area contributed by atoms with E-state index in [1.807, 2.05) is 24.3 Å². The second kappa shape index (κ2) is 23.2. The van der Waals surface area contributed by atoms with Crippen LogP contribution in [-0.2, 0) is 16.8 Å². The van der Waals surface area contributed by atoms with Crippen LogP contribution in [-0.4, -0.2) is 21.2 Å². The maximum atomic E-state index is 10.0. The molecular formula is C34H56CoO4. The zero-order chi connectivity index (χ0) is 25.3. The number of aromatic hydroxyl groups is 2. The molecule has 1 radical (unpaired) electrons. The Morgan fingerprint density at radius 2 is 0.615 bits per heavy atom. The first-order valence-corrected chi connectivity index (χ1v) is 15.3. The molecule has 0 spiro atoms. The van der Waals surface area contributed by atoms with Crippen LogP contribution in [0.4, 0.5) is 0 Å². The fourth-order valence-corrected chi connectivity index (χ4v) is 6.26. The Morgan fingerprint density at radius 1 is 0.385 bits per heavy atom. The minimum atomic E-state index is 0. The number of para-hydroxylation sites is 2. The molecule has 4 rings (SSSR count). The summed E-state index contributed by atoms with van der Waals surface area (Å²) in [4.78, 5) is 0. The molecule has 6 N–H and O–H groups in total. The third-order valence-corrected chi connectivity index (χ3v) is 8.46. The first-order valence-electron chi connectivity index (χ1n) is 15.3. The molecule has 0 aliphatic heterocycles. The minimum Gasteiger partial charge on any atom is -0.508 e. The van der Waals surface area contributed by atoms with Crippen LogP contribution >= 0.6 is 0 Å². The Labute approximate surface area is 248 Å². The first kappa shape index (κ1) is 37.5. The molecule has 4 nitrogen and oxygen atoms in total. The van der Waals surface area contributed by atoms with Gasteiger partial charge in [-0.3, -0.25) is 0 Å². The number of phenols is 2. The zero-order valence-corrected chi connectivity index (χ0v) is 25.2. The maximum absolute atomic E-state index is 10.0. The van der Waals surface area contributed by atoms with Gasteiger partial charge in [-0.15, -0.1) is 0 Å². The molecule has 0 bridgehead atoms. The molecule has 0 amide bonds. The van der Waals surface area contributed by atoms with E-state index in [1.165, 1.54) is 140 Å². The van der Waals surface area contributed by atoms with Crippen molar-refractivity contribution < 1.29 is 37.9 Å². The van der Waals surface area contributed by atoms with Crippen LogP contribution in [0.2, 0.25) is 0 Å². The summed E-state index contributed by atoms with van der Waals surface area (Å²) in [5.74, 6) is 2.14. The van der Waals surface area contributed by atoms with Gasteiger partial charge >= 0.3 is 0 Å². The topological polar surface area (TPSA) is 103 Å². The van der Waals surface area contributed by atoms with Gasteiger partial charge in [0.15, 0.2) is 0 Å². The fourth-order valence-electron chi connectivity index (χ4n) is 6.26. The average molecular weight is 588 g/mol. The van der Waals surface area contributed by atoms with Gasteiger partial charge in [0.05, 0.1) is 0 Å². The minimum absolute atomic E-state index is 0. The van der Waals surface area contributed by atoms with Gasteiger partial charge in [0.1, 0.15) is 11.5 Å². The van der Waals surface area contributed by atoms with Crippen LogP contribution in [0, 0.1) is 0 Å². The normalized spacial score (nSPS) is 18.7. The zero-order valence-electron chi connectivity index (χ0n) is 24.1. The van der Waals surface area contributed by atoms with Crippen molar-refractivity contribution in [2.75, 3.05) is 0 Å². The molecule has 2 aliphatic carbocycles. The summed E-state index contributed by atoms with van der Waals surface area (Å²) < 4.78 is 0. The second-order valence-electron chi connectivity index (χ2n) is 11.3. The van der Waals surface area contributed by atoms with Crippen molar-refractivity contribution in [3.05, 3.63) is 59.7 Å². The Morgan fingerprint density at radius 3 is 0.872 bits per heavy atom. The summed E-state index contributed by atoms with van der Waals surface area (Å²) in [7, 11) is 0. The van der Waals surface area contributed by atoms with Gasteiger partial charge in [0.2, 0.25) is 0 Å². The van der Waals surface area contributed by atoms with E-state index in [-0.39, 0.29) is 27.7 Å². The molecular weight excluding hydrogens is 531 g/mol. The van der Waals surface area contributed by atoms with Crippen molar-refractivity contribution in [3.8, 4) is 11.5 Å². The Balaban J connectivity index is 0.000000688. The second-order valence-corrected chi connectivity index (χ2v) is 11.3. The SMILES string of the molecule is O.O.Oc1ccccc1C1CCCCCCCCCC1.Oc1ccccc1C1CCCCCCCCCC1.[Co]. The number of benzene rings is 2. The fraction of sp³-hybridized carbons (Fsp3) is 0.647. The average Bonchev–Trinajstić information content (AvgIpc) is 3.00. The quantitative estimate of drug-likeness (QED) is 0.366. The molecule has 225 valence electrons. The smallest absolute Gasteiger partial charge is 0.119 e. The predicted molar refractivity (Wildman–Crippen MR) is 161 cm³/mol. The molecule has 2 aromatic carbocycles. The Kier molecular flexibility index (Phi) is 22.3. The summed E-state index contributed by atoms with van der Waals surface area (Å²) in [6, 6.07) is 15.8. The third kappa shape index (κ3) is 14.6. The summed E-state index contributed by atoms with van der Waals surface area (Å²) in [5, 5.41) is 20.0. The molecule has 0 heterocycles. The molecule has 0 saturated heterocycles. The third-order valence-electron chi connectivity index (χ3n) is 8.46. The van der Waals surface area contributed by atoms with Crippen LogP contribution in [0.1, 0.15) is 151 Å². The largest absolute Gasteiger partial charge is 0.508 e. The van der Waals surface area contributed by atoms with Crippen molar-refractivity contribution in [1.29, 1.82) is 0 Å². The van der Waals surface area contributed by atoms with Crippen LogP contribution < -0.4 is 0 Å². The molecule has 2 aliphatic rings. The van der Waals surface area contributed by atoms with Crippen LogP contribution in [0.3, 0.4) is 0 Å². The number of hydrogen-bond acceptors (Lipinski definition) is 2. The van der Waals surface area contributed by atoms with E-state index in [2.05, 4.69) is 24.3 Å². The first-order chi connectivity index (χ1) is 17.8. The van der Waals surface area contributed by atoms with Crippen molar-refractivity contribution in [3.63, 3.8) is 0 Å². The van der Waals surface area contributed by atoms with Crippen LogP contribution in [0.15, 0.2) is 48.5 Å². The van der Waals surface area contributed by atoms with Crippen LogP contribution in [0.5, 0.6) is 11.5 Å². The van der Waals surface area contributed by atoms with Crippen molar-refractivity contribution in [2.24, 2.45) is 0 Å². The van der Waals surface area contributed by atoms with Crippen LogP contribution in [0.25, 0.3) is 0 Å². The summed E-state index contributed by atoms with van der Waals surface area (Å²) in [5.41, 5.74) is 2.36. The molecule has 39 heavy (non-hydrogen) atoms. The molecule has 0 aromatic heterocycles. The molecule has 5 heteroatoms. The van der Waals surface area contributed by atoms with E-state index in [1.54, 1.807) is 0 Å². The summed E-state index contributed by atoms with van der Waals surface area (Å²) in [6.07, 6.45) is 27.0. The molecule has 2 aromatic rings. The van der Waals surface area contributed by atoms with E-state index in [0.717, 1.165) is 0 Å². The van der Waals surface area contributed by atoms with Gasteiger partial charge in [0, 0.05) is 16.8 Å². The standard InChI is InChI=1S/2C17H26O.Co.2H2O/c2*18-17-14-10-9-13-16(17)15-11-7-5-3-1-2-4-6-8-12-15;;;/h2*9-10,13-15,18H,1-8,11-12H2;;2*1H2. The number of rotatable bonds is 2. The molecule has 2 fully saturated rings. The van der Waals surface area contributed by atoms with E-state index in [0.29, 0.717) is 23.3 Å². The predicted octanol–water partition coefficient (Wildman–Crippen LogP) is 9.13. The van der Waals surface area contributed by atoms with Gasteiger partial charge in [-0.2, -0.15) is 0 Å². The van der Waals surface area contributed by atoms with Crippen molar-refractivity contribution in [2.45, 2.75) is 140 Å². The van der Waals surface area contributed by atoms with Gasteiger partial charge in [0.25, 0.3) is 0 Å². The molecule has 0 unspecified atom stereocenters. The van der Waals surface area contributed by atoms with E-state index < -0.39 is 0 Å². The van der Waals surface area contributed by atoms with Crippen molar-refractivity contribution in [1.82, 2.24) is 0 Å². The van der Waals surface area contributed by atoms with Gasteiger partial charge in [-0.1, -0.05) is 139 Å². The Bertz CT molecular complexity index is 750. The van der Waals surface area contributed by atoms with Gasteiger partial charge in [-0.25, -0.2) is 0 Å². The monoisotopic (exact) mass is 587 g/mol.